The third-order valence-corrected chi connectivity index (χ3v) is 9.07. The summed E-state index contributed by atoms with van der Waals surface area (Å²) in [5.41, 5.74) is 1.00. The second-order valence-corrected chi connectivity index (χ2v) is 11.8. The normalized spacial score (nSPS) is 16.7. The highest BCUT2D eigenvalue weighted by Gasteiger charge is 2.27. The van der Waals surface area contributed by atoms with E-state index in [1.165, 1.54) is 54.7 Å². The largest absolute Gasteiger partial charge is 0.496 e. The summed E-state index contributed by atoms with van der Waals surface area (Å²) >= 11 is 0. The van der Waals surface area contributed by atoms with Crippen molar-refractivity contribution in [2.45, 2.75) is 29.7 Å². The molecule has 2 aromatic rings. The van der Waals surface area contributed by atoms with Crippen LogP contribution in [-0.2, 0) is 24.8 Å². The Kier molecular flexibility index (Phi) is 7.98. The van der Waals surface area contributed by atoms with Crippen LogP contribution in [0.4, 0.5) is 5.69 Å². The molecule has 1 amide bonds. The van der Waals surface area contributed by atoms with Crippen molar-refractivity contribution < 1.29 is 26.4 Å². The number of sulfonamides is 2. The molecule has 34 heavy (non-hydrogen) atoms. The molecule has 1 aliphatic rings. The van der Waals surface area contributed by atoms with Gasteiger partial charge < -0.3 is 15.0 Å². The van der Waals surface area contributed by atoms with Crippen molar-refractivity contribution in [1.82, 2.24) is 13.9 Å². The van der Waals surface area contributed by atoms with Crippen LogP contribution in [0, 0.1) is 6.92 Å². The number of likely N-dealkylation sites (N-methyl/N-ethyl adjacent to an activating group) is 1. The van der Waals surface area contributed by atoms with Gasteiger partial charge in [0.2, 0.25) is 26.0 Å². The zero-order chi connectivity index (χ0) is 25.1. The number of ether oxygens (including phenoxy) is 1. The van der Waals surface area contributed by atoms with E-state index in [9.17, 15) is 21.6 Å². The monoisotopic (exact) mass is 510 g/mol. The number of aryl methyl sites for hydroxylation is 1. The molecule has 0 aliphatic carbocycles. The summed E-state index contributed by atoms with van der Waals surface area (Å²) in [5, 5.41) is 2.61. The lowest BCUT2D eigenvalue weighted by atomic mass is 10.2. The fourth-order valence-corrected chi connectivity index (χ4v) is 6.22. The number of nitrogens with zero attached hydrogens (tertiary/aromatic N) is 2. The summed E-state index contributed by atoms with van der Waals surface area (Å²) in [4.78, 5) is 14.8. The molecule has 0 saturated carbocycles. The minimum absolute atomic E-state index is 0.0175. The molecule has 0 aromatic heterocycles. The van der Waals surface area contributed by atoms with Gasteiger partial charge in [-0.3, -0.25) is 4.79 Å². The number of hydrogen-bond acceptors (Lipinski definition) is 7. The lowest BCUT2D eigenvalue weighted by molar-refractivity contribution is -0.117. The minimum Gasteiger partial charge on any atom is -0.496 e. The molecule has 1 unspecified atom stereocenters. The van der Waals surface area contributed by atoms with Gasteiger partial charge in [-0.05, 0) is 68.9 Å². The SMILES string of the molecule is COc1ccc(S(=O)(=O)NC(C)C(=O)Nc2ccc(S(=O)(=O)N3CCN(C)CC3)cc2)cc1C. The molecule has 186 valence electrons. The number of amides is 1. The Morgan fingerprint density at radius 2 is 1.56 bits per heavy atom. The lowest BCUT2D eigenvalue weighted by Crippen LogP contribution is -2.47. The third kappa shape index (κ3) is 5.94. The molecular weight excluding hydrogens is 480 g/mol. The molecule has 0 radical (unpaired) electrons. The molecular formula is C22H30N4O6S2. The van der Waals surface area contributed by atoms with Gasteiger partial charge in [-0.1, -0.05) is 0 Å². The van der Waals surface area contributed by atoms with E-state index in [0.29, 0.717) is 43.2 Å². The first-order valence-electron chi connectivity index (χ1n) is 10.7. The molecule has 1 heterocycles. The van der Waals surface area contributed by atoms with Crippen molar-refractivity contribution in [2.24, 2.45) is 0 Å². The van der Waals surface area contributed by atoms with Crippen LogP contribution < -0.4 is 14.8 Å². The Bertz CT molecular complexity index is 1240. The van der Waals surface area contributed by atoms with Crippen molar-refractivity contribution in [2.75, 3.05) is 45.7 Å². The zero-order valence-corrected chi connectivity index (χ0v) is 21.2. The van der Waals surface area contributed by atoms with Crippen LogP contribution in [0.5, 0.6) is 5.75 Å². The Hall–Kier alpha value is -2.51. The number of nitrogens with one attached hydrogen (secondary N) is 2. The van der Waals surface area contributed by atoms with E-state index in [-0.39, 0.29) is 9.79 Å². The van der Waals surface area contributed by atoms with Crippen LogP contribution in [0.15, 0.2) is 52.3 Å². The van der Waals surface area contributed by atoms with Gasteiger partial charge in [0, 0.05) is 31.9 Å². The van der Waals surface area contributed by atoms with Gasteiger partial charge in [0.05, 0.1) is 22.9 Å². The topological polar surface area (TPSA) is 125 Å². The van der Waals surface area contributed by atoms with Crippen molar-refractivity contribution in [3.05, 3.63) is 48.0 Å². The summed E-state index contributed by atoms with van der Waals surface area (Å²) in [6.07, 6.45) is 0. The molecule has 2 aromatic carbocycles. The number of carbonyl (C=O) groups excluding carboxylic acids is 1. The van der Waals surface area contributed by atoms with Gasteiger partial charge in [-0.2, -0.15) is 9.03 Å². The molecule has 1 aliphatic heterocycles. The molecule has 12 heteroatoms. The molecule has 1 fully saturated rings. The molecule has 3 rings (SSSR count). The second kappa shape index (κ2) is 10.4. The fourth-order valence-electron chi connectivity index (χ4n) is 3.51. The third-order valence-electron chi connectivity index (χ3n) is 5.62. The fraction of sp³-hybridized carbons (Fsp3) is 0.409. The van der Waals surface area contributed by atoms with Gasteiger partial charge in [-0.15, -0.1) is 0 Å². The van der Waals surface area contributed by atoms with Crippen LogP contribution >= 0.6 is 0 Å². The first-order chi connectivity index (χ1) is 15.9. The van der Waals surface area contributed by atoms with E-state index in [4.69, 9.17) is 4.74 Å². The quantitative estimate of drug-likeness (QED) is 0.547. The highest BCUT2D eigenvalue weighted by Crippen LogP contribution is 2.22. The Balaban J connectivity index is 1.64. The van der Waals surface area contributed by atoms with Crippen molar-refractivity contribution in [1.29, 1.82) is 0 Å². The predicted molar refractivity (Wildman–Crippen MR) is 129 cm³/mol. The van der Waals surface area contributed by atoms with Gasteiger partial charge in [0.1, 0.15) is 5.75 Å². The molecule has 2 N–H and O–H groups in total. The van der Waals surface area contributed by atoms with Gasteiger partial charge in [0.25, 0.3) is 0 Å². The zero-order valence-electron chi connectivity index (χ0n) is 19.6. The number of methoxy groups -OCH3 is 1. The first kappa shape index (κ1) is 26.1. The summed E-state index contributed by atoms with van der Waals surface area (Å²) < 4.78 is 59.9. The molecule has 10 nitrogen and oxygen atoms in total. The Labute approximate surface area is 201 Å². The van der Waals surface area contributed by atoms with E-state index >= 15 is 0 Å². The molecule has 0 spiro atoms. The Morgan fingerprint density at radius 1 is 0.971 bits per heavy atom. The van der Waals surface area contributed by atoms with Crippen molar-refractivity contribution >= 4 is 31.6 Å². The Morgan fingerprint density at radius 3 is 2.12 bits per heavy atom. The van der Waals surface area contributed by atoms with E-state index < -0.39 is 32.0 Å². The first-order valence-corrected chi connectivity index (χ1v) is 13.6. The summed E-state index contributed by atoms with van der Waals surface area (Å²) in [7, 11) is -4.12. The van der Waals surface area contributed by atoms with Gasteiger partial charge >= 0.3 is 0 Å². The maximum Gasteiger partial charge on any atom is 0.243 e. The number of anilines is 1. The number of piperazine rings is 1. The van der Waals surface area contributed by atoms with Crippen molar-refractivity contribution in [3.8, 4) is 5.75 Å². The average Bonchev–Trinajstić information content (AvgIpc) is 2.79. The maximum absolute atomic E-state index is 12.8. The number of benzene rings is 2. The van der Waals surface area contributed by atoms with Gasteiger partial charge in [-0.25, -0.2) is 16.8 Å². The van der Waals surface area contributed by atoms with E-state index in [2.05, 4.69) is 14.9 Å². The number of rotatable bonds is 8. The average molecular weight is 511 g/mol. The highest BCUT2D eigenvalue weighted by molar-refractivity contribution is 7.89. The maximum atomic E-state index is 12.8. The minimum atomic E-state index is -3.94. The summed E-state index contributed by atoms with van der Waals surface area (Å²) in [6, 6.07) is 9.16. The predicted octanol–water partition coefficient (Wildman–Crippen LogP) is 1.25. The number of hydrogen-bond donors (Lipinski definition) is 2. The van der Waals surface area contributed by atoms with E-state index in [0.717, 1.165) is 0 Å². The molecule has 1 saturated heterocycles. The van der Waals surface area contributed by atoms with Crippen LogP contribution in [-0.4, -0.2) is 78.3 Å². The molecule has 0 bridgehead atoms. The molecule has 1 atom stereocenters. The van der Waals surface area contributed by atoms with Crippen LogP contribution in [0.1, 0.15) is 12.5 Å². The van der Waals surface area contributed by atoms with Crippen LogP contribution in [0.25, 0.3) is 0 Å². The number of carbonyl (C=O) groups is 1. The second-order valence-electron chi connectivity index (χ2n) is 8.20. The van der Waals surface area contributed by atoms with Crippen molar-refractivity contribution in [3.63, 3.8) is 0 Å². The van der Waals surface area contributed by atoms with Gasteiger partial charge in [0.15, 0.2) is 0 Å². The lowest BCUT2D eigenvalue weighted by Gasteiger charge is -2.31. The highest BCUT2D eigenvalue weighted by atomic mass is 32.2. The van der Waals surface area contributed by atoms with Crippen LogP contribution in [0.2, 0.25) is 0 Å². The van der Waals surface area contributed by atoms with Crippen LogP contribution in [0.3, 0.4) is 0 Å². The van der Waals surface area contributed by atoms with E-state index in [1.54, 1.807) is 13.0 Å². The smallest absolute Gasteiger partial charge is 0.243 e. The standard InChI is InChI=1S/C22H30N4O6S2/c1-16-15-20(9-10-21(16)32-4)33(28,29)24-17(2)22(27)23-18-5-7-19(8-6-18)34(30,31)26-13-11-25(3)12-14-26/h5-10,15,17,24H,11-14H2,1-4H3,(H,23,27). The summed E-state index contributed by atoms with van der Waals surface area (Å²) in [6.45, 7) is 5.32. The summed E-state index contributed by atoms with van der Waals surface area (Å²) in [5.74, 6) is -0.0219. The van der Waals surface area contributed by atoms with E-state index in [1.807, 2.05) is 7.05 Å².